The summed E-state index contributed by atoms with van der Waals surface area (Å²) in [5.74, 6) is -2.38. The van der Waals surface area contributed by atoms with Crippen LogP contribution in [-0.2, 0) is 9.59 Å². The van der Waals surface area contributed by atoms with E-state index in [1.807, 2.05) is 21.1 Å². The van der Waals surface area contributed by atoms with E-state index < -0.39 is 30.2 Å². The molecule has 0 rings (SSSR count). The molecule has 0 saturated heterocycles. The van der Waals surface area contributed by atoms with Gasteiger partial charge in [0.25, 0.3) is 0 Å². The number of rotatable bonds is 6. The van der Waals surface area contributed by atoms with Crippen molar-refractivity contribution in [1.29, 1.82) is 0 Å². The molecule has 3 atom stereocenters. The third-order valence-electron chi connectivity index (χ3n) is 1.97. The quantitative estimate of drug-likeness (QED) is 0.393. The number of nitrogens with zero attached hydrogens (tertiary/aromatic N) is 1. The van der Waals surface area contributed by atoms with Crippen molar-refractivity contribution in [2.75, 3.05) is 27.7 Å². The highest BCUT2D eigenvalue weighted by Crippen LogP contribution is 1.97. The molecule has 0 aliphatic heterocycles. The van der Waals surface area contributed by atoms with E-state index in [0.29, 0.717) is 11.0 Å². The molecule has 9 heteroatoms. The summed E-state index contributed by atoms with van der Waals surface area (Å²) < 4.78 is 0.550. The monoisotopic (exact) mass is 316 g/mol. The molecule has 0 spiro atoms. The summed E-state index contributed by atoms with van der Waals surface area (Å²) in [5, 5.41) is 35.7. The molecule has 0 amide bonds. The van der Waals surface area contributed by atoms with Gasteiger partial charge < -0.3 is 35.4 Å². The zero-order valence-corrected chi connectivity index (χ0v) is 13.0. The third kappa shape index (κ3) is 17.1. The number of carboxylic acid groups (broad SMARTS) is 2. The molecule has 0 aromatic rings. The van der Waals surface area contributed by atoms with E-state index in [4.69, 9.17) is 21.1 Å². The molecular weight excluding hydrogens is 292 g/mol. The number of nitrogens with two attached hydrogens (primary N) is 1. The average Bonchev–Trinajstić information content (AvgIpc) is 2.12. The van der Waals surface area contributed by atoms with Gasteiger partial charge in [-0.1, -0.05) is 0 Å². The number of aliphatic hydroxyl groups is 2. The van der Waals surface area contributed by atoms with Crippen LogP contribution in [-0.4, -0.2) is 77.7 Å². The number of quaternary nitrogens is 1. The third-order valence-corrected chi connectivity index (χ3v) is 1.97. The van der Waals surface area contributed by atoms with E-state index in [-0.39, 0.29) is 18.8 Å². The molecule has 0 bridgehead atoms. The van der Waals surface area contributed by atoms with Crippen molar-refractivity contribution in [1.82, 2.24) is 0 Å². The Bertz CT molecular complexity index is 293. The van der Waals surface area contributed by atoms with Crippen molar-refractivity contribution in [2.45, 2.75) is 31.6 Å². The van der Waals surface area contributed by atoms with Crippen LogP contribution in [0.4, 0.5) is 0 Å². The van der Waals surface area contributed by atoms with E-state index in [2.05, 4.69) is 0 Å². The van der Waals surface area contributed by atoms with Gasteiger partial charge in [-0.25, -0.2) is 0 Å². The van der Waals surface area contributed by atoms with Gasteiger partial charge in [-0.3, -0.25) is 4.79 Å². The molecule has 3 unspecified atom stereocenters. The first kappa shape index (κ1) is 24.1. The first-order valence-corrected chi connectivity index (χ1v) is 5.71. The summed E-state index contributed by atoms with van der Waals surface area (Å²) >= 11 is 0. The van der Waals surface area contributed by atoms with E-state index in [1.165, 1.54) is 6.92 Å². The fraction of sp³-hybridized carbons (Fsp3) is 0.818. The molecule has 0 aliphatic carbocycles. The summed E-state index contributed by atoms with van der Waals surface area (Å²) in [6, 6.07) is -1.16. The van der Waals surface area contributed by atoms with Gasteiger partial charge in [-0.2, -0.15) is 0 Å². The summed E-state index contributed by atoms with van der Waals surface area (Å²) in [5.41, 5.74) is 4.91. The number of carbonyl (C=O) groups excluding carboxylic acids is 1. The Morgan fingerprint density at radius 2 is 1.65 bits per heavy atom. The van der Waals surface area contributed by atoms with Crippen LogP contribution >= 0.6 is 12.4 Å². The lowest BCUT2D eigenvalue weighted by atomic mass is 10.2. The standard InChI is InChI=1S/C7H15NO3.C4H9NO3.ClH/c1-8(2,3)5-6(9)4-7(10)11;1-2(6)3(5)4(7)8;/h6,9H,4-5H2,1-3H3;2-3,6H,5H2,1H3,(H,7,8);1H. The summed E-state index contributed by atoms with van der Waals surface area (Å²) in [6.45, 7) is 1.76. The second kappa shape index (κ2) is 10.8. The second-order valence-corrected chi connectivity index (χ2v) is 5.31. The van der Waals surface area contributed by atoms with Crippen LogP contribution in [0.3, 0.4) is 0 Å². The van der Waals surface area contributed by atoms with Gasteiger partial charge in [0.15, 0.2) is 0 Å². The number of carboxylic acids is 2. The second-order valence-electron chi connectivity index (χ2n) is 5.31. The Morgan fingerprint density at radius 1 is 1.25 bits per heavy atom. The van der Waals surface area contributed by atoms with Crippen molar-refractivity contribution in [3.8, 4) is 0 Å². The molecule has 0 radical (unpaired) electrons. The Hall–Kier alpha value is -0.930. The number of likely N-dealkylation sites (N-methyl/N-ethyl adjacent to an activating group) is 1. The lowest BCUT2D eigenvalue weighted by molar-refractivity contribution is -0.873. The Kier molecular flexibility index (Phi) is 13.0. The zero-order valence-electron chi connectivity index (χ0n) is 12.1. The van der Waals surface area contributed by atoms with Crippen molar-refractivity contribution in [3.63, 3.8) is 0 Å². The van der Waals surface area contributed by atoms with Gasteiger partial charge in [-0.15, -0.1) is 12.4 Å². The van der Waals surface area contributed by atoms with Gasteiger partial charge in [0.1, 0.15) is 18.7 Å². The molecule has 0 heterocycles. The van der Waals surface area contributed by atoms with E-state index in [0.717, 1.165) is 0 Å². The van der Waals surface area contributed by atoms with Gasteiger partial charge in [-0.05, 0) is 6.92 Å². The van der Waals surface area contributed by atoms with Crippen molar-refractivity contribution in [3.05, 3.63) is 0 Å². The number of halogens is 1. The Morgan fingerprint density at radius 3 is 1.80 bits per heavy atom. The molecule has 5 N–H and O–H groups in total. The van der Waals surface area contributed by atoms with Crippen LogP contribution in [0.25, 0.3) is 0 Å². The minimum Gasteiger partial charge on any atom is -0.550 e. The van der Waals surface area contributed by atoms with Gasteiger partial charge >= 0.3 is 5.97 Å². The van der Waals surface area contributed by atoms with Crippen LogP contribution in [0.2, 0.25) is 0 Å². The molecule has 8 nitrogen and oxygen atoms in total. The highest BCUT2D eigenvalue weighted by Gasteiger charge is 2.16. The molecule has 0 fully saturated rings. The number of carbonyl (C=O) groups is 2. The summed E-state index contributed by atoms with van der Waals surface area (Å²) in [4.78, 5) is 19.9. The number of hydrogen-bond acceptors (Lipinski definition) is 6. The maximum absolute atomic E-state index is 10.0. The van der Waals surface area contributed by atoms with Crippen LogP contribution in [0.15, 0.2) is 0 Å². The predicted octanol–water partition coefficient (Wildman–Crippen LogP) is -2.61. The number of aliphatic hydroxyl groups excluding tert-OH is 2. The molecule has 0 aromatic heterocycles. The normalized spacial score (nSPS) is 14.9. The zero-order chi connectivity index (χ0) is 15.8. The number of aliphatic carboxylic acids is 2. The van der Waals surface area contributed by atoms with Crippen molar-refractivity contribution in [2.24, 2.45) is 5.73 Å². The van der Waals surface area contributed by atoms with Gasteiger partial charge in [0.05, 0.1) is 27.2 Å². The van der Waals surface area contributed by atoms with E-state index in [1.54, 1.807) is 0 Å². The maximum atomic E-state index is 10.0. The molecule has 0 aromatic carbocycles. The fourth-order valence-electron chi connectivity index (χ4n) is 1.10. The van der Waals surface area contributed by atoms with E-state index >= 15 is 0 Å². The van der Waals surface area contributed by atoms with Crippen molar-refractivity contribution >= 4 is 24.3 Å². The first-order valence-electron chi connectivity index (χ1n) is 5.71. The molecule has 0 aliphatic rings. The van der Waals surface area contributed by atoms with Crippen LogP contribution in [0, 0.1) is 0 Å². The lowest BCUT2D eigenvalue weighted by Crippen LogP contribution is -2.43. The molecule has 122 valence electrons. The van der Waals surface area contributed by atoms with E-state index in [9.17, 15) is 14.7 Å². The Balaban J connectivity index is -0.000000288. The first-order chi connectivity index (χ1) is 8.36. The molecule has 20 heavy (non-hydrogen) atoms. The van der Waals surface area contributed by atoms with Gasteiger partial charge in [0.2, 0.25) is 0 Å². The van der Waals surface area contributed by atoms with Gasteiger partial charge in [0, 0.05) is 12.4 Å². The number of hydrogen-bond donors (Lipinski definition) is 4. The SMILES string of the molecule is CC(O)C(N)C(=O)O.C[N+](C)(C)CC(O)CC(=O)[O-].Cl. The average molecular weight is 317 g/mol. The highest BCUT2D eigenvalue weighted by molar-refractivity contribution is 5.85. The fourth-order valence-corrected chi connectivity index (χ4v) is 1.10. The van der Waals surface area contributed by atoms with Crippen molar-refractivity contribution < 1.29 is 34.5 Å². The summed E-state index contributed by atoms with van der Waals surface area (Å²) in [6.07, 6.45) is -2.07. The summed E-state index contributed by atoms with van der Waals surface area (Å²) in [7, 11) is 5.66. The van der Waals surface area contributed by atoms with Crippen LogP contribution < -0.4 is 10.8 Å². The smallest absolute Gasteiger partial charge is 0.323 e. The molecule has 0 saturated carbocycles. The topological polar surface area (TPSA) is 144 Å². The van der Waals surface area contributed by atoms with Crippen LogP contribution in [0.1, 0.15) is 13.3 Å². The van der Waals surface area contributed by atoms with Crippen LogP contribution in [0.5, 0.6) is 0 Å². The largest absolute Gasteiger partial charge is 0.550 e. The maximum Gasteiger partial charge on any atom is 0.323 e. The Labute approximate surface area is 124 Å². The highest BCUT2D eigenvalue weighted by atomic mass is 35.5. The predicted molar refractivity (Wildman–Crippen MR) is 73.1 cm³/mol. The minimum absolute atomic E-state index is 0. The lowest BCUT2D eigenvalue weighted by Gasteiger charge is -2.26. The minimum atomic E-state index is -1.20. The molecular formula is C11H25ClN2O6.